The summed E-state index contributed by atoms with van der Waals surface area (Å²) >= 11 is 0. The molecule has 204 valence electrons. The standard InChI is InChI=1S/2C16H26O2/c1-10-13(16(5,6)7)12(18-8)9-11(14(10)17)15(2,3)4;1-10-13(16(5,6)7)12(17)9-11(14(10)18-8)15(2,3)4/h2*9,17H,1-8H3. The molecule has 0 atom stereocenters. The Labute approximate surface area is 221 Å². The van der Waals surface area contributed by atoms with Crippen LogP contribution in [0.5, 0.6) is 23.0 Å². The SMILES string of the molecule is COc1c(C(C)(C)C)cc(O)c(C(C)(C)C)c1C.COc1cc(C(C)(C)C)c(O)c(C)c1C(C)(C)C. The molecule has 0 heterocycles. The van der Waals surface area contributed by atoms with Crippen molar-refractivity contribution in [1.29, 1.82) is 0 Å². The molecule has 4 heteroatoms. The van der Waals surface area contributed by atoms with E-state index >= 15 is 0 Å². The van der Waals surface area contributed by atoms with Crippen LogP contribution in [0.25, 0.3) is 0 Å². The van der Waals surface area contributed by atoms with Gasteiger partial charge in [0.05, 0.1) is 14.2 Å². The predicted molar refractivity (Wildman–Crippen MR) is 154 cm³/mol. The maximum Gasteiger partial charge on any atom is 0.126 e. The number of phenolic OH excluding ortho intramolecular Hbond substituents is 2. The van der Waals surface area contributed by atoms with E-state index < -0.39 is 0 Å². The topological polar surface area (TPSA) is 58.9 Å². The molecule has 2 aromatic carbocycles. The van der Waals surface area contributed by atoms with Gasteiger partial charge in [-0.2, -0.15) is 0 Å². The Morgan fingerprint density at radius 1 is 0.556 bits per heavy atom. The second kappa shape index (κ2) is 10.6. The third kappa shape index (κ3) is 6.89. The van der Waals surface area contributed by atoms with Crippen molar-refractivity contribution in [2.75, 3.05) is 14.2 Å². The molecule has 0 aliphatic carbocycles. The fourth-order valence-electron chi connectivity index (χ4n) is 4.99. The number of ether oxygens (including phenoxy) is 2. The first-order valence-electron chi connectivity index (χ1n) is 12.8. The van der Waals surface area contributed by atoms with Crippen molar-refractivity contribution in [2.24, 2.45) is 0 Å². The molecule has 0 saturated carbocycles. The highest BCUT2D eigenvalue weighted by Gasteiger charge is 2.30. The van der Waals surface area contributed by atoms with Crippen molar-refractivity contribution in [2.45, 2.75) is 119 Å². The van der Waals surface area contributed by atoms with Crippen LogP contribution >= 0.6 is 0 Å². The van der Waals surface area contributed by atoms with E-state index in [1.807, 2.05) is 26.0 Å². The summed E-state index contributed by atoms with van der Waals surface area (Å²) in [6.45, 7) is 29.4. The zero-order valence-corrected chi connectivity index (χ0v) is 25.9. The average molecular weight is 501 g/mol. The summed E-state index contributed by atoms with van der Waals surface area (Å²) in [5.41, 5.74) is 5.69. The summed E-state index contributed by atoms with van der Waals surface area (Å²) in [6, 6.07) is 3.83. The zero-order chi connectivity index (χ0) is 28.6. The number of benzene rings is 2. The molecule has 0 bridgehead atoms. The van der Waals surface area contributed by atoms with Gasteiger partial charge in [-0.25, -0.2) is 0 Å². The van der Waals surface area contributed by atoms with Crippen LogP contribution in [-0.2, 0) is 21.7 Å². The monoisotopic (exact) mass is 500 g/mol. The molecular formula is C32H52O4. The third-order valence-corrected chi connectivity index (χ3v) is 6.54. The normalized spacial score (nSPS) is 12.7. The first kappa shape index (κ1) is 31.7. The smallest absolute Gasteiger partial charge is 0.126 e. The average Bonchev–Trinajstić information content (AvgIpc) is 2.66. The molecule has 36 heavy (non-hydrogen) atoms. The number of phenols is 2. The largest absolute Gasteiger partial charge is 0.508 e. The first-order valence-corrected chi connectivity index (χ1v) is 12.8. The van der Waals surface area contributed by atoms with Gasteiger partial charge in [-0.1, -0.05) is 83.1 Å². The number of aromatic hydroxyl groups is 2. The predicted octanol–water partition coefficient (Wildman–Crippen LogP) is 8.61. The van der Waals surface area contributed by atoms with Gasteiger partial charge in [0.1, 0.15) is 23.0 Å². The van der Waals surface area contributed by atoms with Crippen molar-refractivity contribution in [3.05, 3.63) is 45.5 Å². The van der Waals surface area contributed by atoms with Crippen molar-refractivity contribution >= 4 is 0 Å². The molecule has 2 N–H and O–H groups in total. The van der Waals surface area contributed by atoms with Crippen LogP contribution in [0.2, 0.25) is 0 Å². The number of rotatable bonds is 2. The third-order valence-electron chi connectivity index (χ3n) is 6.54. The highest BCUT2D eigenvalue weighted by Crippen LogP contribution is 2.45. The minimum absolute atomic E-state index is 0.0516. The Morgan fingerprint density at radius 2 is 1.00 bits per heavy atom. The Morgan fingerprint density at radius 3 is 1.33 bits per heavy atom. The molecule has 0 radical (unpaired) electrons. The van der Waals surface area contributed by atoms with E-state index in [4.69, 9.17) is 9.47 Å². The summed E-state index contributed by atoms with van der Waals surface area (Å²) in [4.78, 5) is 0. The van der Waals surface area contributed by atoms with Gasteiger partial charge in [0.25, 0.3) is 0 Å². The summed E-state index contributed by atoms with van der Waals surface area (Å²) in [6.07, 6.45) is 0. The lowest BCUT2D eigenvalue weighted by atomic mass is 9.78. The van der Waals surface area contributed by atoms with E-state index in [2.05, 4.69) is 83.1 Å². The lowest BCUT2D eigenvalue weighted by molar-refractivity contribution is 0.384. The molecule has 2 rings (SSSR count). The van der Waals surface area contributed by atoms with Crippen molar-refractivity contribution < 1.29 is 19.7 Å². The zero-order valence-electron chi connectivity index (χ0n) is 25.9. The molecule has 0 aliphatic rings. The highest BCUT2D eigenvalue weighted by molar-refractivity contribution is 5.58. The van der Waals surface area contributed by atoms with Crippen molar-refractivity contribution in [1.82, 2.24) is 0 Å². The summed E-state index contributed by atoms with van der Waals surface area (Å²) in [5, 5.41) is 20.8. The van der Waals surface area contributed by atoms with E-state index in [1.165, 1.54) is 0 Å². The first-order chi connectivity index (χ1) is 16.0. The summed E-state index contributed by atoms with van der Waals surface area (Å²) in [5.74, 6) is 2.52. The Hall–Kier alpha value is -2.36. The van der Waals surface area contributed by atoms with E-state index in [1.54, 1.807) is 14.2 Å². The number of hydrogen-bond acceptors (Lipinski definition) is 4. The van der Waals surface area contributed by atoms with Crippen LogP contribution in [0, 0.1) is 13.8 Å². The van der Waals surface area contributed by atoms with Gasteiger partial charge in [-0.3, -0.25) is 0 Å². The van der Waals surface area contributed by atoms with E-state index in [-0.39, 0.29) is 21.7 Å². The summed E-state index contributed by atoms with van der Waals surface area (Å²) < 4.78 is 11.1. The molecule has 0 aliphatic heterocycles. The minimum atomic E-state index is -0.0993. The van der Waals surface area contributed by atoms with Crippen LogP contribution in [0.4, 0.5) is 0 Å². The van der Waals surface area contributed by atoms with E-state index in [9.17, 15) is 10.2 Å². The second-order valence-electron chi connectivity index (χ2n) is 14.0. The van der Waals surface area contributed by atoms with Gasteiger partial charge in [0.15, 0.2) is 0 Å². The van der Waals surface area contributed by atoms with E-state index in [0.717, 1.165) is 44.9 Å². The summed E-state index contributed by atoms with van der Waals surface area (Å²) in [7, 11) is 3.38. The fourth-order valence-corrected chi connectivity index (χ4v) is 4.99. The number of methoxy groups -OCH3 is 2. The quantitative estimate of drug-likeness (QED) is 0.433. The van der Waals surface area contributed by atoms with Crippen LogP contribution in [0.1, 0.15) is 116 Å². The lowest BCUT2D eigenvalue weighted by Gasteiger charge is -2.29. The Bertz CT molecular complexity index is 1070. The van der Waals surface area contributed by atoms with Gasteiger partial charge in [-0.15, -0.1) is 0 Å². The van der Waals surface area contributed by atoms with Crippen LogP contribution < -0.4 is 9.47 Å². The molecule has 0 aromatic heterocycles. The molecule has 0 saturated heterocycles. The van der Waals surface area contributed by atoms with Crippen LogP contribution in [0.15, 0.2) is 12.1 Å². The minimum Gasteiger partial charge on any atom is -0.508 e. The van der Waals surface area contributed by atoms with E-state index in [0.29, 0.717) is 11.5 Å². The van der Waals surface area contributed by atoms with Crippen molar-refractivity contribution in [3.63, 3.8) is 0 Å². The molecule has 0 unspecified atom stereocenters. The molecular weight excluding hydrogens is 448 g/mol. The van der Waals surface area contributed by atoms with Gasteiger partial charge in [-0.05, 0) is 58.8 Å². The molecule has 4 nitrogen and oxygen atoms in total. The molecule has 0 fully saturated rings. The van der Waals surface area contributed by atoms with Gasteiger partial charge >= 0.3 is 0 Å². The Kier molecular flexibility index (Phi) is 9.29. The molecule has 0 amide bonds. The fraction of sp³-hybridized carbons (Fsp3) is 0.625. The van der Waals surface area contributed by atoms with Crippen LogP contribution in [0.3, 0.4) is 0 Å². The number of hydrogen-bond donors (Lipinski definition) is 2. The van der Waals surface area contributed by atoms with Crippen LogP contribution in [-0.4, -0.2) is 24.4 Å². The van der Waals surface area contributed by atoms with Gasteiger partial charge in [0.2, 0.25) is 0 Å². The second-order valence-corrected chi connectivity index (χ2v) is 14.0. The van der Waals surface area contributed by atoms with Gasteiger partial charge in [0, 0.05) is 22.3 Å². The highest BCUT2D eigenvalue weighted by atomic mass is 16.5. The van der Waals surface area contributed by atoms with Gasteiger partial charge < -0.3 is 19.7 Å². The molecule has 2 aromatic rings. The van der Waals surface area contributed by atoms with Crippen molar-refractivity contribution in [3.8, 4) is 23.0 Å². The Balaban J connectivity index is 0.000000360. The maximum atomic E-state index is 10.4. The molecule has 0 spiro atoms. The maximum absolute atomic E-state index is 10.4. The lowest BCUT2D eigenvalue weighted by Crippen LogP contribution is -2.18.